The van der Waals surface area contributed by atoms with Gasteiger partial charge in [-0.25, -0.2) is 14.8 Å². The normalized spacial score (nSPS) is 11.0. The summed E-state index contributed by atoms with van der Waals surface area (Å²) < 4.78 is 5.24. The zero-order valence-corrected chi connectivity index (χ0v) is 18.2. The number of pyridine rings is 1. The van der Waals surface area contributed by atoms with Crippen LogP contribution < -0.4 is 5.32 Å². The summed E-state index contributed by atoms with van der Waals surface area (Å²) in [4.78, 5) is 33.6. The Morgan fingerprint density at radius 3 is 2.76 bits per heavy atom. The highest BCUT2D eigenvalue weighted by Crippen LogP contribution is 2.24. The first kappa shape index (κ1) is 21.3. The van der Waals surface area contributed by atoms with E-state index in [-0.39, 0.29) is 11.8 Å². The molecule has 8 heteroatoms. The van der Waals surface area contributed by atoms with E-state index in [9.17, 15) is 9.59 Å². The van der Waals surface area contributed by atoms with E-state index >= 15 is 0 Å². The number of hydrogen-bond acceptors (Lipinski definition) is 7. The molecule has 6 nitrogen and oxygen atoms in total. The SMILES string of the molecule is Cc1nc(NC(=O)CCSc2ccc3ccccc3n2)sc1C(=O)OCC(C)C. The van der Waals surface area contributed by atoms with Crippen molar-refractivity contribution in [1.82, 2.24) is 9.97 Å². The van der Waals surface area contributed by atoms with Crippen LogP contribution in [0.3, 0.4) is 0 Å². The summed E-state index contributed by atoms with van der Waals surface area (Å²) in [5, 5.41) is 5.16. The largest absolute Gasteiger partial charge is 0.461 e. The molecule has 29 heavy (non-hydrogen) atoms. The maximum Gasteiger partial charge on any atom is 0.350 e. The van der Waals surface area contributed by atoms with Crippen molar-refractivity contribution in [2.24, 2.45) is 5.92 Å². The number of esters is 1. The van der Waals surface area contributed by atoms with Crippen LogP contribution in [-0.2, 0) is 9.53 Å². The Morgan fingerprint density at radius 1 is 1.17 bits per heavy atom. The first-order chi connectivity index (χ1) is 13.9. The fourth-order valence-electron chi connectivity index (χ4n) is 2.50. The lowest BCUT2D eigenvalue weighted by Gasteiger charge is -2.05. The van der Waals surface area contributed by atoms with Crippen molar-refractivity contribution in [1.29, 1.82) is 0 Å². The van der Waals surface area contributed by atoms with Gasteiger partial charge in [0.15, 0.2) is 5.13 Å². The van der Waals surface area contributed by atoms with Crippen molar-refractivity contribution in [3.8, 4) is 0 Å². The van der Waals surface area contributed by atoms with Gasteiger partial charge in [-0.05, 0) is 25.0 Å². The number of ether oxygens (including phenoxy) is 1. The van der Waals surface area contributed by atoms with Crippen LogP contribution in [0.15, 0.2) is 41.4 Å². The molecule has 0 bridgehead atoms. The molecule has 2 aromatic heterocycles. The highest BCUT2D eigenvalue weighted by atomic mass is 32.2. The molecule has 0 atom stereocenters. The third-order valence-corrected chi connectivity index (χ3v) is 5.91. The third kappa shape index (κ3) is 6.01. The number of thiazole rings is 1. The summed E-state index contributed by atoms with van der Waals surface area (Å²) >= 11 is 2.68. The average Bonchev–Trinajstić information content (AvgIpc) is 3.06. The maximum atomic E-state index is 12.2. The zero-order valence-electron chi connectivity index (χ0n) is 16.6. The van der Waals surface area contributed by atoms with Crippen LogP contribution in [0.4, 0.5) is 5.13 Å². The summed E-state index contributed by atoms with van der Waals surface area (Å²) in [6, 6.07) is 11.9. The van der Waals surface area contributed by atoms with Crippen LogP contribution in [0.2, 0.25) is 0 Å². The third-order valence-electron chi connectivity index (χ3n) is 3.93. The monoisotopic (exact) mass is 429 g/mol. The number of amides is 1. The van der Waals surface area contributed by atoms with Gasteiger partial charge >= 0.3 is 5.97 Å². The van der Waals surface area contributed by atoms with Gasteiger partial charge in [0.05, 0.1) is 22.8 Å². The number of thioether (sulfide) groups is 1. The smallest absolute Gasteiger partial charge is 0.350 e. The van der Waals surface area contributed by atoms with Gasteiger partial charge in [0.2, 0.25) is 5.91 Å². The lowest BCUT2D eigenvalue weighted by molar-refractivity contribution is -0.115. The molecule has 1 aromatic carbocycles. The van der Waals surface area contributed by atoms with E-state index in [4.69, 9.17) is 4.74 Å². The van der Waals surface area contributed by atoms with Crippen LogP contribution in [0, 0.1) is 12.8 Å². The molecule has 0 saturated carbocycles. The number of nitrogens with one attached hydrogen (secondary N) is 1. The Kier molecular flexibility index (Phi) is 7.22. The summed E-state index contributed by atoms with van der Waals surface area (Å²) in [6.45, 7) is 6.05. The highest BCUT2D eigenvalue weighted by Gasteiger charge is 2.18. The van der Waals surface area contributed by atoms with E-state index in [2.05, 4.69) is 15.3 Å². The number of carbonyl (C=O) groups is 2. The molecule has 1 amide bonds. The second-order valence-electron chi connectivity index (χ2n) is 6.91. The molecule has 3 aromatic rings. The van der Waals surface area contributed by atoms with Crippen molar-refractivity contribution in [2.75, 3.05) is 17.7 Å². The number of anilines is 1. The molecule has 0 saturated heterocycles. The van der Waals surface area contributed by atoms with Gasteiger partial charge < -0.3 is 10.1 Å². The maximum absolute atomic E-state index is 12.2. The number of rotatable bonds is 8. The molecule has 0 unspecified atom stereocenters. The fourth-order valence-corrected chi connectivity index (χ4v) is 4.21. The van der Waals surface area contributed by atoms with E-state index in [1.165, 1.54) is 11.8 Å². The van der Waals surface area contributed by atoms with Gasteiger partial charge in [0.25, 0.3) is 0 Å². The van der Waals surface area contributed by atoms with E-state index in [1.807, 2.05) is 50.2 Å². The van der Waals surface area contributed by atoms with Crippen LogP contribution in [-0.4, -0.2) is 34.2 Å². The molecule has 0 spiro atoms. The highest BCUT2D eigenvalue weighted by molar-refractivity contribution is 7.99. The predicted octanol–water partition coefficient (Wildman–Crippen LogP) is 4.93. The molecule has 3 rings (SSSR count). The topological polar surface area (TPSA) is 81.2 Å². The Bertz CT molecular complexity index is 1020. The predicted molar refractivity (Wildman–Crippen MR) is 118 cm³/mol. The van der Waals surface area contributed by atoms with Crippen molar-refractivity contribution >= 4 is 51.0 Å². The molecule has 1 N–H and O–H groups in total. The molecule has 152 valence electrons. The lowest BCUT2D eigenvalue weighted by atomic mass is 10.2. The molecular weight excluding hydrogens is 406 g/mol. The Balaban J connectivity index is 1.50. The zero-order chi connectivity index (χ0) is 20.8. The van der Waals surface area contributed by atoms with Gasteiger partial charge in [0.1, 0.15) is 4.88 Å². The van der Waals surface area contributed by atoms with Gasteiger partial charge in [-0.1, -0.05) is 49.4 Å². The number of aromatic nitrogens is 2. The van der Waals surface area contributed by atoms with E-state index in [0.717, 1.165) is 27.3 Å². The number of carbonyl (C=O) groups excluding carboxylic acids is 2. The second-order valence-corrected chi connectivity index (χ2v) is 9.03. The lowest BCUT2D eigenvalue weighted by Crippen LogP contribution is -2.12. The van der Waals surface area contributed by atoms with Crippen LogP contribution in [0.5, 0.6) is 0 Å². The molecule has 2 heterocycles. The summed E-state index contributed by atoms with van der Waals surface area (Å²) in [5.74, 6) is 0.326. The van der Waals surface area contributed by atoms with Crippen molar-refractivity contribution in [3.63, 3.8) is 0 Å². The van der Waals surface area contributed by atoms with Crippen LogP contribution in [0.1, 0.15) is 35.6 Å². The average molecular weight is 430 g/mol. The number of benzene rings is 1. The molecular formula is C21H23N3O3S2. The van der Waals surface area contributed by atoms with Crippen molar-refractivity contribution < 1.29 is 14.3 Å². The second kappa shape index (κ2) is 9.84. The van der Waals surface area contributed by atoms with Crippen LogP contribution >= 0.6 is 23.1 Å². The van der Waals surface area contributed by atoms with E-state index in [1.54, 1.807) is 6.92 Å². The van der Waals surface area contributed by atoms with Gasteiger partial charge in [0, 0.05) is 17.6 Å². The molecule has 0 aliphatic heterocycles. The number of para-hydroxylation sites is 1. The first-order valence-corrected chi connectivity index (χ1v) is 11.2. The standard InChI is InChI=1S/C21H23N3O3S2/c1-13(2)12-27-20(26)19-14(3)22-21(29-19)24-17(25)10-11-28-18-9-8-15-6-4-5-7-16(15)23-18/h4-9,13H,10-12H2,1-3H3,(H,22,24,25). The minimum absolute atomic E-state index is 0.144. The number of fused-ring (bicyclic) bond motifs is 1. The quantitative estimate of drug-likeness (QED) is 0.404. The number of hydrogen-bond donors (Lipinski definition) is 1. The van der Waals surface area contributed by atoms with Crippen LogP contribution in [0.25, 0.3) is 10.9 Å². The Labute approximate surface area is 178 Å². The fraction of sp³-hybridized carbons (Fsp3) is 0.333. The van der Waals surface area contributed by atoms with Gasteiger partial charge in [-0.15, -0.1) is 11.8 Å². The molecule has 0 aliphatic carbocycles. The summed E-state index contributed by atoms with van der Waals surface area (Å²) in [7, 11) is 0. The summed E-state index contributed by atoms with van der Waals surface area (Å²) in [6.07, 6.45) is 0.324. The summed E-state index contributed by atoms with van der Waals surface area (Å²) in [5.41, 5.74) is 1.51. The van der Waals surface area contributed by atoms with Gasteiger partial charge in [-0.2, -0.15) is 0 Å². The molecule has 0 fully saturated rings. The number of aryl methyl sites for hydroxylation is 1. The molecule has 0 aliphatic rings. The van der Waals surface area contributed by atoms with E-state index in [0.29, 0.717) is 34.5 Å². The van der Waals surface area contributed by atoms with E-state index < -0.39 is 5.97 Å². The minimum Gasteiger partial charge on any atom is -0.461 e. The van der Waals surface area contributed by atoms with Gasteiger partial charge in [-0.3, -0.25) is 4.79 Å². The Morgan fingerprint density at radius 2 is 1.97 bits per heavy atom. The minimum atomic E-state index is -0.396. The first-order valence-electron chi connectivity index (χ1n) is 9.35. The number of nitrogens with zero attached hydrogens (tertiary/aromatic N) is 2. The van der Waals surface area contributed by atoms with Crippen molar-refractivity contribution in [3.05, 3.63) is 47.0 Å². The molecule has 0 radical (unpaired) electrons. The van der Waals surface area contributed by atoms with Crippen molar-refractivity contribution in [2.45, 2.75) is 32.2 Å². The Hall–Kier alpha value is -2.45.